The standard InChI is InChI=1S/C28H29F3N6O4/c1-16-14-22(38)32-33-24(16)17-6-8-18(9-7-17)41-13-5-12-36-26(39)27(2,3)25(35-36)19-10-11-23(40-4)37-20(19)15-21(34-37)28(29,30)31/h6-11,15-16H,5,12-14H2,1-4H3,(H,32,38). The fourth-order valence-electron chi connectivity index (χ4n) is 4.93. The molecular weight excluding hydrogens is 541 g/mol. The van der Waals surface area contributed by atoms with Crippen molar-refractivity contribution in [3.05, 3.63) is 59.3 Å². The van der Waals surface area contributed by atoms with Crippen molar-refractivity contribution in [2.24, 2.45) is 21.5 Å². The Kier molecular flexibility index (Phi) is 7.22. The number of amides is 2. The minimum Gasteiger partial charge on any atom is -0.494 e. The van der Waals surface area contributed by atoms with Gasteiger partial charge in [0.1, 0.15) is 5.75 Å². The summed E-state index contributed by atoms with van der Waals surface area (Å²) < 4.78 is 52.4. The van der Waals surface area contributed by atoms with E-state index in [4.69, 9.17) is 9.47 Å². The first-order chi connectivity index (χ1) is 19.4. The Morgan fingerprint density at radius 1 is 1.12 bits per heavy atom. The van der Waals surface area contributed by atoms with E-state index in [0.717, 1.165) is 21.9 Å². The van der Waals surface area contributed by atoms with Gasteiger partial charge in [0.05, 0.1) is 36.1 Å². The van der Waals surface area contributed by atoms with Crippen molar-refractivity contribution in [1.29, 1.82) is 0 Å². The molecule has 0 spiro atoms. The first-order valence-electron chi connectivity index (χ1n) is 13.0. The van der Waals surface area contributed by atoms with Gasteiger partial charge in [-0.25, -0.2) is 10.4 Å². The largest absolute Gasteiger partial charge is 0.494 e. The molecule has 0 bridgehead atoms. The second-order valence-corrected chi connectivity index (χ2v) is 10.5. The number of aromatic nitrogens is 2. The van der Waals surface area contributed by atoms with Gasteiger partial charge in [-0.2, -0.15) is 33.0 Å². The second kappa shape index (κ2) is 10.5. The number of hydrazone groups is 2. The topological polar surface area (TPSA) is 110 Å². The monoisotopic (exact) mass is 570 g/mol. The summed E-state index contributed by atoms with van der Waals surface area (Å²) in [6, 6.07) is 11.4. The van der Waals surface area contributed by atoms with Crippen LogP contribution in [0.25, 0.3) is 5.52 Å². The van der Waals surface area contributed by atoms with Crippen LogP contribution in [0.4, 0.5) is 13.2 Å². The van der Waals surface area contributed by atoms with Crippen LogP contribution in [-0.2, 0) is 15.8 Å². The molecule has 41 heavy (non-hydrogen) atoms. The minimum absolute atomic E-state index is 0.0119. The van der Waals surface area contributed by atoms with Crippen LogP contribution in [0.2, 0.25) is 0 Å². The van der Waals surface area contributed by atoms with E-state index in [9.17, 15) is 22.8 Å². The van der Waals surface area contributed by atoms with E-state index < -0.39 is 17.3 Å². The summed E-state index contributed by atoms with van der Waals surface area (Å²) in [5, 5.41) is 13.7. The minimum atomic E-state index is -4.65. The van der Waals surface area contributed by atoms with Crippen LogP contribution in [0.15, 0.2) is 52.7 Å². The van der Waals surface area contributed by atoms with Crippen molar-refractivity contribution < 1.29 is 32.2 Å². The van der Waals surface area contributed by atoms with Gasteiger partial charge in [-0.15, -0.1) is 0 Å². The Labute approximate surface area is 233 Å². The van der Waals surface area contributed by atoms with Gasteiger partial charge in [-0.05, 0) is 55.8 Å². The first-order valence-corrected chi connectivity index (χ1v) is 13.0. The third-order valence-electron chi connectivity index (χ3n) is 7.12. The van der Waals surface area contributed by atoms with Gasteiger partial charge in [0.15, 0.2) is 5.69 Å². The lowest BCUT2D eigenvalue weighted by molar-refractivity contribution is -0.141. The number of ether oxygens (including phenoxy) is 2. The van der Waals surface area contributed by atoms with E-state index >= 15 is 0 Å². The number of methoxy groups -OCH3 is 1. The average Bonchev–Trinajstić information content (AvgIpc) is 3.47. The summed E-state index contributed by atoms with van der Waals surface area (Å²) in [5.74, 6) is 0.402. The molecule has 2 amide bonds. The molecule has 4 heterocycles. The molecule has 2 aromatic heterocycles. The maximum atomic E-state index is 13.4. The number of nitrogens with zero attached hydrogens (tertiary/aromatic N) is 5. The van der Waals surface area contributed by atoms with Gasteiger partial charge in [0, 0.05) is 36.9 Å². The third-order valence-corrected chi connectivity index (χ3v) is 7.12. The van der Waals surface area contributed by atoms with Crippen LogP contribution in [0.5, 0.6) is 11.6 Å². The Morgan fingerprint density at radius 2 is 1.85 bits per heavy atom. The molecule has 0 aliphatic carbocycles. The maximum Gasteiger partial charge on any atom is 0.435 e. The van der Waals surface area contributed by atoms with Gasteiger partial charge >= 0.3 is 6.18 Å². The summed E-state index contributed by atoms with van der Waals surface area (Å²) in [7, 11) is 1.34. The van der Waals surface area contributed by atoms with Crippen LogP contribution in [-0.4, -0.2) is 58.1 Å². The van der Waals surface area contributed by atoms with Crippen molar-refractivity contribution in [2.75, 3.05) is 20.3 Å². The highest BCUT2D eigenvalue weighted by atomic mass is 19.4. The van der Waals surface area contributed by atoms with E-state index in [1.807, 2.05) is 31.2 Å². The fourth-order valence-corrected chi connectivity index (χ4v) is 4.93. The van der Waals surface area contributed by atoms with Gasteiger partial charge < -0.3 is 9.47 Å². The van der Waals surface area contributed by atoms with Crippen molar-refractivity contribution in [3.8, 4) is 11.6 Å². The molecule has 1 aromatic carbocycles. The maximum absolute atomic E-state index is 13.4. The predicted octanol–water partition coefficient (Wildman–Crippen LogP) is 4.26. The third kappa shape index (κ3) is 5.35. The van der Waals surface area contributed by atoms with Gasteiger partial charge in [-0.1, -0.05) is 6.92 Å². The number of halogens is 3. The van der Waals surface area contributed by atoms with E-state index in [2.05, 4.69) is 20.7 Å². The Hall–Kier alpha value is -4.42. The summed E-state index contributed by atoms with van der Waals surface area (Å²) in [5.41, 5.74) is 2.91. The molecule has 0 fully saturated rings. The molecule has 0 saturated carbocycles. The highest BCUT2D eigenvalue weighted by molar-refractivity contribution is 6.21. The Morgan fingerprint density at radius 3 is 2.51 bits per heavy atom. The molecule has 1 N–H and O–H groups in total. The number of nitrogens with one attached hydrogen (secondary N) is 1. The Bertz CT molecular complexity index is 1560. The van der Waals surface area contributed by atoms with Crippen molar-refractivity contribution >= 4 is 28.8 Å². The van der Waals surface area contributed by atoms with E-state index in [-0.39, 0.29) is 35.7 Å². The van der Waals surface area contributed by atoms with E-state index in [1.54, 1.807) is 19.9 Å². The van der Waals surface area contributed by atoms with Crippen molar-refractivity contribution in [1.82, 2.24) is 20.0 Å². The molecule has 1 atom stereocenters. The number of benzene rings is 1. The highest BCUT2D eigenvalue weighted by Crippen LogP contribution is 2.37. The normalized spacial score (nSPS) is 18.8. The number of alkyl halides is 3. The molecule has 5 rings (SSSR count). The summed E-state index contributed by atoms with van der Waals surface area (Å²) in [6.07, 6.45) is -3.80. The average molecular weight is 571 g/mol. The van der Waals surface area contributed by atoms with Crippen molar-refractivity contribution in [2.45, 2.75) is 39.8 Å². The molecule has 3 aromatic rings. The second-order valence-electron chi connectivity index (χ2n) is 10.5. The number of hydrogen-bond donors (Lipinski definition) is 1. The molecule has 13 heteroatoms. The van der Waals surface area contributed by atoms with E-state index in [1.165, 1.54) is 18.2 Å². The number of carbonyl (C=O) groups is 2. The van der Waals surface area contributed by atoms with Crippen LogP contribution < -0.4 is 14.9 Å². The molecular formula is C28H29F3N6O4. The zero-order chi connectivity index (χ0) is 29.5. The number of rotatable bonds is 8. The zero-order valence-corrected chi connectivity index (χ0v) is 23.0. The quantitative estimate of drug-likeness (QED) is 0.407. The highest BCUT2D eigenvalue weighted by Gasteiger charge is 2.45. The Balaban J connectivity index is 1.27. The van der Waals surface area contributed by atoms with Crippen LogP contribution in [0, 0.1) is 11.3 Å². The number of pyridine rings is 1. The molecule has 2 aliphatic heterocycles. The molecule has 0 saturated heterocycles. The summed E-state index contributed by atoms with van der Waals surface area (Å²) in [4.78, 5) is 24.7. The number of fused-ring (bicyclic) bond motifs is 1. The van der Waals surface area contributed by atoms with Crippen LogP contribution >= 0.6 is 0 Å². The van der Waals surface area contributed by atoms with Crippen LogP contribution in [0.1, 0.15) is 50.4 Å². The molecule has 0 radical (unpaired) electrons. The molecule has 216 valence electrons. The summed E-state index contributed by atoms with van der Waals surface area (Å²) in [6.45, 7) is 5.90. The lowest BCUT2D eigenvalue weighted by Gasteiger charge is -2.20. The first kappa shape index (κ1) is 28.1. The predicted molar refractivity (Wildman–Crippen MR) is 144 cm³/mol. The smallest absolute Gasteiger partial charge is 0.435 e. The van der Waals surface area contributed by atoms with Gasteiger partial charge in [-0.3, -0.25) is 9.59 Å². The number of carbonyl (C=O) groups excluding carboxylic acids is 2. The van der Waals surface area contributed by atoms with Gasteiger partial charge in [0.2, 0.25) is 11.8 Å². The van der Waals surface area contributed by atoms with Crippen LogP contribution in [0.3, 0.4) is 0 Å². The SMILES string of the molecule is COc1ccc(C2=NN(CCCOc3ccc(C4=NNC(=O)CC4C)cc3)C(=O)C2(C)C)c2cc(C(F)(F)F)nn12. The molecule has 10 nitrogen and oxygen atoms in total. The molecule has 1 unspecified atom stereocenters. The van der Waals surface area contributed by atoms with E-state index in [0.29, 0.717) is 36.5 Å². The van der Waals surface area contributed by atoms with Gasteiger partial charge in [0.25, 0.3) is 5.91 Å². The molecule has 2 aliphatic rings. The lowest BCUT2D eigenvalue weighted by Crippen LogP contribution is -2.35. The fraction of sp³-hybridized carbons (Fsp3) is 0.393. The zero-order valence-electron chi connectivity index (χ0n) is 23.0. The summed E-state index contributed by atoms with van der Waals surface area (Å²) >= 11 is 0. The lowest BCUT2D eigenvalue weighted by atomic mass is 9.83. The van der Waals surface area contributed by atoms with Crippen molar-refractivity contribution in [3.63, 3.8) is 0 Å². The number of hydrogen-bond acceptors (Lipinski definition) is 7.